The highest BCUT2D eigenvalue weighted by molar-refractivity contribution is 9.11. The molecule has 0 bridgehead atoms. The molecule has 1 aromatic heterocycles. The Morgan fingerprint density at radius 3 is 2.64 bits per heavy atom. The molecule has 0 unspecified atom stereocenters. The molecule has 1 atom stereocenters. The Morgan fingerprint density at radius 2 is 1.97 bits per heavy atom. The first-order chi connectivity index (χ1) is 17.1. The molecule has 1 aliphatic rings. The van der Waals surface area contributed by atoms with Crippen LogP contribution >= 0.6 is 54.8 Å². The molecule has 0 saturated heterocycles. The van der Waals surface area contributed by atoms with Crippen molar-refractivity contribution >= 4 is 72.8 Å². The third kappa shape index (κ3) is 5.13. The van der Waals surface area contributed by atoms with Gasteiger partial charge in [0.1, 0.15) is 6.04 Å². The van der Waals surface area contributed by atoms with Gasteiger partial charge in [-0.15, -0.1) is 0 Å². The number of nitrogens with zero attached hydrogens (tertiary/aromatic N) is 2. The van der Waals surface area contributed by atoms with E-state index in [4.69, 9.17) is 21.1 Å². The van der Waals surface area contributed by atoms with Gasteiger partial charge in [0.2, 0.25) is 0 Å². The van der Waals surface area contributed by atoms with Gasteiger partial charge in [-0.05, 0) is 59.6 Å². The van der Waals surface area contributed by atoms with Gasteiger partial charge in [0, 0.05) is 22.0 Å². The molecule has 1 aliphatic heterocycles. The second-order valence-corrected chi connectivity index (χ2v) is 10.9. The molecule has 0 spiro atoms. The molecule has 0 aliphatic carbocycles. The fourth-order valence-electron chi connectivity index (χ4n) is 3.86. The van der Waals surface area contributed by atoms with Gasteiger partial charge in [0.25, 0.3) is 5.56 Å². The minimum atomic E-state index is -0.821. The normalized spacial score (nSPS) is 15.4. The molecule has 0 amide bonds. The van der Waals surface area contributed by atoms with Crippen LogP contribution < -0.4 is 19.6 Å². The highest BCUT2D eigenvalue weighted by atomic mass is 79.9. The van der Waals surface area contributed by atoms with E-state index >= 15 is 0 Å². The molecule has 3 aromatic rings. The number of thiazole rings is 1. The zero-order chi connectivity index (χ0) is 26.1. The Bertz CT molecular complexity index is 1610. The van der Waals surface area contributed by atoms with Crippen molar-refractivity contribution in [3.63, 3.8) is 0 Å². The molecule has 0 radical (unpaired) electrons. The third-order valence-electron chi connectivity index (χ3n) is 5.29. The average Bonchev–Trinajstić information content (AvgIpc) is 3.10. The zero-order valence-electron chi connectivity index (χ0n) is 19.3. The maximum atomic E-state index is 13.8. The SMILES string of the molecule is CCOC(=O)C1=C(C)N=c2s/c(=C\c3cc(Br)cc(Br)c3OC(C)=O)c(=O)n2[C@H]1c1ccccc1Cl. The lowest BCUT2D eigenvalue weighted by atomic mass is 9.96. The van der Waals surface area contributed by atoms with E-state index in [1.807, 2.05) is 0 Å². The summed E-state index contributed by atoms with van der Waals surface area (Å²) in [6, 6.07) is 9.70. The Balaban J connectivity index is 2.00. The highest BCUT2D eigenvalue weighted by Gasteiger charge is 2.34. The Labute approximate surface area is 232 Å². The van der Waals surface area contributed by atoms with Crippen molar-refractivity contribution in [2.45, 2.75) is 26.8 Å². The van der Waals surface area contributed by atoms with Gasteiger partial charge in [-0.1, -0.05) is 57.1 Å². The first-order valence-electron chi connectivity index (χ1n) is 10.7. The molecule has 0 saturated carbocycles. The molecule has 2 aromatic carbocycles. The van der Waals surface area contributed by atoms with E-state index in [9.17, 15) is 14.4 Å². The van der Waals surface area contributed by atoms with E-state index in [-0.39, 0.29) is 23.5 Å². The molecule has 11 heteroatoms. The first-order valence-corrected chi connectivity index (χ1v) is 13.5. The average molecular weight is 655 g/mol. The summed E-state index contributed by atoms with van der Waals surface area (Å²) in [6.45, 7) is 4.89. The third-order valence-corrected chi connectivity index (χ3v) is 7.66. The number of aromatic nitrogens is 1. The van der Waals surface area contributed by atoms with Crippen molar-refractivity contribution < 1.29 is 19.1 Å². The van der Waals surface area contributed by atoms with Gasteiger partial charge in [0.15, 0.2) is 10.6 Å². The summed E-state index contributed by atoms with van der Waals surface area (Å²) >= 11 is 14.5. The van der Waals surface area contributed by atoms with Gasteiger partial charge in [-0.2, -0.15) is 0 Å². The number of halogens is 3. The number of rotatable bonds is 5. The van der Waals surface area contributed by atoms with Crippen molar-refractivity contribution in [1.29, 1.82) is 0 Å². The van der Waals surface area contributed by atoms with Crippen LogP contribution in [0.2, 0.25) is 5.02 Å². The van der Waals surface area contributed by atoms with Crippen molar-refractivity contribution in [3.05, 3.63) is 92.5 Å². The fourth-order valence-corrected chi connectivity index (χ4v) is 6.48. The molecule has 2 heterocycles. The quantitative estimate of drug-likeness (QED) is 0.289. The second kappa shape index (κ2) is 10.8. The van der Waals surface area contributed by atoms with Crippen LogP contribution in [-0.4, -0.2) is 23.1 Å². The van der Waals surface area contributed by atoms with E-state index < -0.39 is 18.0 Å². The van der Waals surface area contributed by atoms with Crippen LogP contribution in [0.1, 0.15) is 37.9 Å². The Hall–Kier alpha value is -2.53. The minimum Gasteiger partial charge on any atom is -0.463 e. The number of hydrogen-bond acceptors (Lipinski definition) is 7. The van der Waals surface area contributed by atoms with Crippen LogP contribution in [0.15, 0.2) is 66.4 Å². The van der Waals surface area contributed by atoms with Gasteiger partial charge >= 0.3 is 11.9 Å². The van der Waals surface area contributed by atoms with E-state index in [1.165, 1.54) is 11.5 Å². The van der Waals surface area contributed by atoms with Gasteiger partial charge in [-0.3, -0.25) is 14.2 Å². The minimum absolute atomic E-state index is 0.173. The van der Waals surface area contributed by atoms with E-state index in [0.29, 0.717) is 35.7 Å². The Kier molecular flexibility index (Phi) is 7.99. The van der Waals surface area contributed by atoms with Crippen LogP contribution in [0.4, 0.5) is 0 Å². The summed E-state index contributed by atoms with van der Waals surface area (Å²) in [5.74, 6) is -0.781. The summed E-state index contributed by atoms with van der Waals surface area (Å²) in [4.78, 5) is 43.4. The topological polar surface area (TPSA) is 87.0 Å². The predicted molar refractivity (Wildman–Crippen MR) is 145 cm³/mol. The number of benzene rings is 2. The number of fused-ring (bicyclic) bond motifs is 1. The number of ether oxygens (including phenoxy) is 2. The molecular formula is C25H19Br2ClN2O5S. The van der Waals surface area contributed by atoms with Crippen molar-refractivity contribution in [3.8, 4) is 5.75 Å². The monoisotopic (exact) mass is 652 g/mol. The number of hydrogen-bond donors (Lipinski definition) is 0. The molecule has 0 N–H and O–H groups in total. The predicted octanol–water partition coefficient (Wildman–Crippen LogP) is 4.90. The lowest BCUT2D eigenvalue weighted by molar-refractivity contribution is -0.139. The largest absolute Gasteiger partial charge is 0.463 e. The number of carbonyl (C=O) groups excluding carboxylic acids is 2. The van der Waals surface area contributed by atoms with Crippen molar-refractivity contribution in [1.82, 2.24) is 4.57 Å². The first kappa shape index (κ1) is 26.5. The maximum absolute atomic E-state index is 13.8. The number of carbonyl (C=O) groups is 2. The molecule has 186 valence electrons. The number of allylic oxidation sites excluding steroid dienone is 1. The summed E-state index contributed by atoms with van der Waals surface area (Å²) in [7, 11) is 0. The van der Waals surface area contributed by atoms with Crippen molar-refractivity contribution in [2.75, 3.05) is 6.61 Å². The van der Waals surface area contributed by atoms with E-state index in [2.05, 4.69) is 36.9 Å². The number of esters is 2. The Morgan fingerprint density at radius 1 is 1.25 bits per heavy atom. The van der Waals surface area contributed by atoms with Gasteiger partial charge in [0.05, 0.1) is 26.9 Å². The van der Waals surface area contributed by atoms with Crippen LogP contribution in [0.5, 0.6) is 5.75 Å². The molecule has 0 fully saturated rings. The zero-order valence-corrected chi connectivity index (χ0v) is 24.0. The van der Waals surface area contributed by atoms with Crippen LogP contribution in [0.3, 0.4) is 0 Å². The molecule has 4 rings (SSSR count). The summed E-state index contributed by atoms with van der Waals surface area (Å²) in [6.07, 6.45) is 1.63. The van der Waals surface area contributed by atoms with Crippen LogP contribution in [0, 0.1) is 0 Å². The van der Waals surface area contributed by atoms with E-state index in [0.717, 1.165) is 15.8 Å². The second-order valence-electron chi connectivity index (χ2n) is 7.72. The summed E-state index contributed by atoms with van der Waals surface area (Å²) < 4.78 is 13.7. The standard InChI is InChI=1S/C25H19Br2ClN2O5S/c1-4-34-24(33)20-12(2)29-25-30(21(20)16-7-5-6-8-18(16)28)23(32)19(36-25)10-14-9-15(26)11-17(27)22(14)35-13(3)31/h5-11,21H,4H2,1-3H3/b19-10-/t21-/m0/s1. The van der Waals surface area contributed by atoms with Gasteiger partial charge in [-0.25, -0.2) is 9.79 Å². The molecular weight excluding hydrogens is 636 g/mol. The summed E-state index contributed by atoms with van der Waals surface area (Å²) in [5, 5.41) is 0.404. The van der Waals surface area contributed by atoms with Crippen LogP contribution in [0.25, 0.3) is 6.08 Å². The lowest BCUT2D eigenvalue weighted by Gasteiger charge is -2.25. The smallest absolute Gasteiger partial charge is 0.338 e. The van der Waals surface area contributed by atoms with E-state index in [1.54, 1.807) is 56.3 Å². The maximum Gasteiger partial charge on any atom is 0.338 e. The van der Waals surface area contributed by atoms with Crippen LogP contribution in [-0.2, 0) is 14.3 Å². The highest BCUT2D eigenvalue weighted by Crippen LogP contribution is 2.35. The lowest BCUT2D eigenvalue weighted by Crippen LogP contribution is -2.40. The molecule has 7 nitrogen and oxygen atoms in total. The van der Waals surface area contributed by atoms with Crippen molar-refractivity contribution in [2.24, 2.45) is 4.99 Å². The fraction of sp³-hybridized carbons (Fsp3) is 0.200. The summed E-state index contributed by atoms with van der Waals surface area (Å²) in [5.41, 5.74) is 1.40. The molecule has 36 heavy (non-hydrogen) atoms. The van der Waals surface area contributed by atoms with Gasteiger partial charge < -0.3 is 9.47 Å².